The lowest BCUT2D eigenvalue weighted by Crippen LogP contribution is -2.40. The third kappa shape index (κ3) is 5.22. The molecule has 1 aromatic rings. The Balaban J connectivity index is 1.77. The standard InChI is InChI=1S/C13H20N2O3S2/c14-11-3-1-5-13(9-11)18-6-8-20(16,17)15-12-4-2-7-19-10-12/h1,3,5,9,12,15H,2,4,6-8,10,14H2. The molecule has 0 amide bonds. The number of rotatable bonds is 6. The summed E-state index contributed by atoms with van der Waals surface area (Å²) in [5, 5.41) is 0. The van der Waals surface area contributed by atoms with Gasteiger partial charge >= 0.3 is 0 Å². The Hall–Kier alpha value is -0.920. The summed E-state index contributed by atoms with van der Waals surface area (Å²) in [5.41, 5.74) is 6.23. The summed E-state index contributed by atoms with van der Waals surface area (Å²) in [4.78, 5) is 0. The summed E-state index contributed by atoms with van der Waals surface area (Å²) in [7, 11) is -3.28. The first-order valence-corrected chi connectivity index (χ1v) is 9.42. The summed E-state index contributed by atoms with van der Waals surface area (Å²) in [6.07, 6.45) is 1.99. The van der Waals surface area contributed by atoms with Crippen LogP contribution in [-0.4, -0.2) is 38.3 Å². The van der Waals surface area contributed by atoms with Crippen molar-refractivity contribution in [2.45, 2.75) is 18.9 Å². The third-order valence-electron chi connectivity index (χ3n) is 2.99. The quantitative estimate of drug-likeness (QED) is 0.777. The van der Waals surface area contributed by atoms with Gasteiger partial charge in [-0.25, -0.2) is 13.1 Å². The predicted octanol–water partition coefficient (Wildman–Crippen LogP) is 1.46. The lowest BCUT2D eigenvalue weighted by Gasteiger charge is -2.22. The van der Waals surface area contributed by atoms with Crippen molar-refractivity contribution in [3.05, 3.63) is 24.3 Å². The van der Waals surface area contributed by atoms with Gasteiger partial charge in [0.15, 0.2) is 0 Å². The first kappa shape index (κ1) is 15.5. The first-order valence-electron chi connectivity index (χ1n) is 6.61. The van der Waals surface area contributed by atoms with Crippen LogP contribution < -0.4 is 15.2 Å². The fourth-order valence-corrected chi connectivity index (χ4v) is 4.33. The summed E-state index contributed by atoms with van der Waals surface area (Å²) < 4.78 is 32.0. The highest BCUT2D eigenvalue weighted by atomic mass is 32.2. The molecule has 112 valence electrons. The van der Waals surface area contributed by atoms with Crippen LogP contribution in [0.4, 0.5) is 5.69 Å². The maximum absolute atomic E-state index is 11.9. The molecule has 2 rings (SSSR count). The van der Waals surface area contributed by atoms with Crippen LogP contribution >= 0.6 is 11.8 Å². The number of nitrogen functional groups attached to an aromatic ring is 1. The molecule has 1 aliphatic rings. The fourth-order valence-electron chi connectivity index (χ4n) is 2.02. The van der Waals surface area contributed by atoms with Crippen LogP contribution in [0.5, 0.6) is 5.75 Å². The number of ether oxygens (including phenoxy) is 1. The molecule has 0 bridgehead atoms. The Morgan fingerprint density at radius 3 is 3.00 bits per heavy atom. The van der Waals surface area contributed by atoms with Crippen LogP contribution in [0.2, 0.25) is 0 Å². The van der Waals surface area contributed by atoms with Gasteiger partial charge in [-0.2, -0.15) is 11.8 Å². The lowest BCUT2D eigenvalue weighted by atomic mass is 10.2. The summed E-state index contributed by atoms with van der Waals surface area (Å²) >= 11 is 1.79. The van der Waals surface area contributed by atoms with Gasteiger partial charge in [0.2, 0.25) is 10.0 Å². The van der Waals surface area contributed by atoms with E-state index < -0.39 is 10.0 Å². The number of sulfonamides is 1. The van der Waals surface area contributed by atoms with Gasteiger partial charge in [0, 0.05) is 23.5 Å². The molecule has 1 aliphatic heterocycles. The summed E-state index contributed by atoms with van der Waals surface area (Å²) in [5.74, 6) is 2.53. The van der Waals surface area contributed by atoms with Gasteiger partial charge in [-0.3, -0.25) is 0 Å². The molecule has 3 N–H and O–H groups in total. The molecule has 1 unspecified atom stereocenters. The van der Waals surface area contributed by atoms with Crippen molar-refractivity contribution in [1.29, 1.82) is 0 Å². The van der Waals surface area contributed by atoms with Crippen LogP contribution in [0.3, 0.4) is 0 Å². The molecule has 1 saturated heterocycles. The Morgan fingerprint density at radius 2 is 2.30 bits per heavy atom. The van der Waals surface area contributed by atoms with Crippen LogP contribution in [-0.2, 0) is 10.0 Å². The molecule has 7 heteroatoms. The number of thioether (sulfide) groups is 1. The fraction of sp³-hybridized carbons (Fsp3) is 0.538. The van der Waals surface area contributed by atoms with Crippen molar-refractivity contribution in [2.75, 3.05) is 29.6 Å². The van der Waals surface area contributed by atoms with Crippen molar-refractivity contribution in [2.24, 2.45) is 0 Å². The highest BCUT2D eigenvalue weighted by molar-refractivity contribution is 7.99. The number of hydrogen-bond acceptors (Lipinski definition) is 5. The minimum atomic E-state index is -3.28. The molecule has 1 aromatic carbocycles. The van der Waals surface area contributed by atoms with E-state index in [1.807, 2.05) is 0 Å². The highest BCUT2D eigenvalue weighted by Gasteiger charge is 2.20. The normalized spacial score (nSPS) is 19.7. The molecule has 0 aromatic heterocycles. The van der Waals surface area contributed by atoms with Gasteiger partial charge in [-0.1, -0.05) is 6.07 Å². The average molecular weight is 316 g/mol. The minimum Gasteiger partial charge on any atom is -0.492 e. The Labute approximate surface area is 124 Å². The Kier molecular flexibility index (Phi) is 5.56. The molecule has 5 nitrogen and oxygen atoms in total. The SMILES string of the molecule is Nc1cccc(OCCS(=O)(=O)NC2CCCSC2)c1. The van der Waals surface area contributed by atoms with E-state index in [2.05, 4.69) is 4.72 Å². The van der Waals surface area contributed by atoms with E-state index >= 15 is 0 Å². The number of benzene rings is 1. The monoisotopic (exact) mass is 316 g/mol. The molecule has 0 aliphatic carbocycles. The van der Waals surface area contributed by atoms with E-state index in [1.54, 1.807) is 36.0 Å². The van der Waals surface area contributed by atoms with E-state index in [-0.39, 0.29) is 18.4 Å². The second kappa shape index (κ2) is 7.19. The van der Waals surface area contributed by atoms with E-state index in [0.29, 0.717) is 11.4 Å². The van der Waals surface area contributed by atoms with Gasteiger partial charge in [-0.05, 0) is 30.7 Å². The maximum Gasteiger partial charge on any atom is 0.215 e. The van der Waals surface area contributed by atoms with Crippen molar-refractivity contribution in [1.82, 2.24) is 4.72 Å². The Morgan fingerprint density at radius 1 is 1.45 bits per heavy atom. The molecule has 1 atom stereocenters. The lowest BCUT2D eigenvalue weighted by molar-refractivity contribution is 0.340. The van der Waals surface area contributed by atoms with Gasteiger partial charge in [0.25, 0.3) is 0 Å². The third-order valence-corrected chi connectivity index (χ3v) is 5.60. The van der Waals surface area contributed by atoms with E-state index in [4.69, 9.17) is 10.5 Å². The van der Waals surface area contributed by atoms with E-state index in [1.165, 1.54) is 0 Å². The summed E-state index contributed by atoms with van der Waals surface area (Å²) in [6, 6.07) is 7.03. The molecule has 1 fully saturated rings. The van der Waals surface area contributed by atoms with Crippen LogP contribution in [0.15, 0.2) is 24.3 Å². The molecular formula is C13H20N2O3S2. The first-order chi connectivity index (χ1) is 9.55. The van der Waals surface area contributed by atoms with Gasteiger partial charge in [0.05, 0.1) is 5.75 Å². The van der Waals surface area contributed by atoms with Crippen molar-refractivity contribution >= 4 is 27.5 Å². The topological polar surface area (TPSA) is 81.4 Å². The molecule has 0 spiro atoms. The van der Waals surface area contributed by atoms with E-state index in [0.717, 1.165) is 24.3 Å². The van der Waals surface area contributed by atoms with E-state index in [9.17, 15) is 8.42 Å². The minimum absolute atomic E-state index is 0.0387. The zero-order valence-corrected chi connectivity index (χ0v) is 12.9. The number of anilines is 1. The molecular weight excluding hydrogens is 296 g/mol. The largest absolute Gasteiger partial charge is 0.492 e. The number of nitrogens with two attached hydrogens (primary N) is 1. The molecule has 1 heterocycles. The maximum atomic E-state index is 11.9. The van der Waals surface area contributed by atoms with Crippen LogP contribution in [0, 0.1) is 0 Å². The predicted molar refractivity (Wildman–Crippen MR) is 83.6 cm³/mol. The molecule has 0 saturated carbocycles. The summed E-state index contributed by atoms with van der Waals surface area (Å²) in [6.45, 7) is 0.124. The zero-order valence-electron chi connectivity index (χ0n) is 11.2. The van der Waals surface area contributed by atoms with Crippen molar-refractivity contribution in [3.63, 3.8) is 0 Å². The second-order valence-corrected chi connectivity index (χ2v) is 7.80. The van der Waals surface area contributed by atoms with Crippen LogP contribution in [0.25, 0.3) is 0 Å². The van der Waals surface area contributed by atoms with Gasteiger partial charge in [0.1, 0.15) is 12.4 Å². The highest BCUT2D eigenvalue weighted by Crippen LogP contribution is 2.18. The van der Waals surface area contributed by atoms with Gasteiger partial charge in [-0.15, -0.1) is 0 Å². The zero-order chi connectivity index (χ0) is 14.4. The smallest absolute Gasteiger partial charge is 0.215 e. The molecule has 0 radical (unpaired) electrons. The molecule has 20 heavy (non-hydrogen) atoms. The van der Waals surface area contributed by atoms with Crippen LogP contribution in [0.1, 0.15) is 12.8 Å². The van der Waals surface area contributed by atoms with Gasteiger partial charge < -0.3 is 10.5 Å². The second-order valence-electron chi connectivity index (χ2n) is 4.77. The number of nitrogens with one attached hydrogen (secondary N) is 1. The average Bonchev–Trinajstić information content (AvgIpc) is 2.39. The van der Waals surface area contributed by atoms with Crippen molar-refractivity contribution in [3.8, 4) is 5.75 Å². The Bertz CT molecular complexity index is 528. The number of hydrogen-bond donors (Lipinski definition) is 2. The van der Waals surface area contributed by atoms with Crippen molar-refractivity contribution < 1.29 is 13.2 Å².